The number of fused-ring (bicyclic) bond motifs is 18. The Morgan fingerprint density at radius 1 is 0.284 bits per heavy atom. The van der Waals surface area contributed by atoms with Gasteiger partial charge in [-0.25, -0.2) is 0 Å². The highest BCUT2D eigenvalue weighted by Gasteiger charge is 2.40. The number of para-hydroxylation sites is 3. The van der Waals surface area contributed by atoms with Gasteiger partial charge in [-0.15, -0.1) is 0 Å². The molecule has 0 N–H and O–H groups in total. The molecule has 2 heterocycles. The summed E-state index contributed by atoms with van der Waals surface area (Å²) in [6.45, 7) is 13.9. The molecule has 0 aliphatic heterocycles. The molecule has 2 aliphatic carbocycles. The fourth-order valence-electron chi connectivity index (χ4n) is 15.4. The first-order valence-corrected chi connectivity index (χ1v) is 30.8. The first kappa shape index (κ1) is 50.6. The van der Waals surface area contributed by atoms with E-state index in [1.165, 1.54) is 98.7 Å². The standard InChI is InChI=1S/C84H60N2O2/c1-49-32-37-57(38-33-49)85(75-47-71-79(62-25-11-9-22-59(62)75)67-43-51-19-7-8-20-52(51)45-69(67)83(71,3)4)73-29-17-28-65-66-42-54(36-39-78(66)88-82(65)73)53-34-35-55-44-68-70(46-56(55)41-53)84(5,6)72-48-76(60-23-10-12-26-63(60)80(68)72)86(58-21-15-18-50(2)40-58)74-30-16-27-64-61-24-13-14-31-77(61)87-81(64)74/h7-48H,1-6H3. The van der Waals surface area contributed by atoms with E-state index >= 15 is 0 Å². The minimum absolute atomic E-state index is 0.240. The van der Waals surface area contributed by atoms with E-state index in [0.717, 1.165) is 89.1 Å². The van der Waals surface area contributed by atoms with Crippen molar-refractivity contribution in [1.29, 1.82) is 0 Å². The molecule has 0 atom stereocenters. The van der Waals surface area contributed by atoms with Crippen molar-refractivity contribution in [3.05, 3.63) is 288 Å². The lowest BCUT2D eigenvalue weighted by Gasteiger charge is -2.30. The maximum Gasteiger partial charge on any atom is 0.159 e. The maximum atomic E-state index is 7.13. The van der Waals surface area contributed by atoms with Crippen LogP contribution in [0.25, 0.3) is 120 Å². The van der Waals surface area contributed by atoms with E-state index in [9.17, 15) is 0 Å². The number of hydrogen-bond donors (Lipinski definition) is 0. The average Bonchev–Trinajstić information content (AvgIpc) is 1.56. The molecular weight excluding hydrogens is 1070 g/mol. The summed E-state index contributed by atoms with van der Waals surface area (Å²) in [5.74, 6) is 0. The number of anilines is 6. The molecule has 18 rings (SSSR count). The summed E-state index contributed by atoms with van der Waals surface area (Å²) in [5.41, 5.74) is 24.6. The van der Waals surface area contributed by atoms with Crippen LogP contribution >= 0.6 is 0 Å². The second kappa shape index (κ2) is 18.4. The van der Waals surface area contributed by atoms with Gasteiger partial charge in [0.1, 0.15) is 11.2 Å². The largest absolute Gasteiger partial charge is 0.454 e. The Bertz CT molecular complexity index is 5680. The van der Waals surface area contributed by atoms with Gasteiger partial charge in [-0.1, -0.05) is 191 Å². The third-order valence-electron chi connectivity index (χ3n) is 19.8. The van der Waals surface area contributed by atoms with Crippen LogP contribution < -0.4 is 9.80 Å². The molecule has 0 spiro atoms. The first-order valence-electron chi connectivity index (χ1n) is 30.8. The average molecular weight is 1130 g/mol. The normalized spacial score (nSPS) is 13.8. The topological polar surface area (TPSA) is 32.8 Å². The lowest BCUT2D eigenvalue weighted by atomic mass is 9.81. The van der Waals surface area contributed by atoms with E-state index in [1.54, 1.807) is 0 Å². The molecule has 88 heavy (non-hydrogen) atoms. The molecule has 418 valence electrons. The molecule has 2 aromatic heterocycles. The van der Waals surface area contributed by atoms with Crippen molar-refractivity contribution in [3.8, 4) is 33.4 Å². The molecule has 0 amide bonds. The van der Waals surface area contributed by atoms with Gasteiger partial charge in [-0.05, 0) is 204 Å². The zero-order valence-electron chi connectivity index (χ0n) is 50.0. The molecule has 0 saturated carbocycles. The smallest absolute Gasteiger partial charge is 0.159 e. The molecule has 0 saturated heterocycles. The van der Waals surface area contributed by atoms with Gasteiger partial charge in [0.2, 0.25) is 0 Å². The van der Waals surface area contributed by atoms with E-state index in [1.807, 2.05) is 0 Å². The van der Waals surface area contributed by atoms with Crippen molar-refractivity contribution in [3.63, 3.8) is 0 Å². The van der Waals surface area contributed by atoms with Gasteiger partial charge >= 0.3 is 0 Å². The summed E-state index contributed by atoms with van der Waals surface area (Å²) in [7, 11) is 0. The van der Waals surface area contributed by atoms with Crippen molar-refractivity contribution in [2.75, 3.05) is 9.80 Å². The van der Waals surface area contributed by atoms with Crippen LogP contribution in [0, 0.1) is 13.8 Å². The van der Waals surface area contributed by atoms with Crippen molar-refractivity contribution < 1.29 is 8.83 Å². The third-order valence-corrected chi connectivity index (χ3v) is 19.8. The minimum atomic E-state index is -0.321. The van der Waals surface area contributed by atoms with Gasteiger partial charge in [-0.3, -0.25) is 0 Å². The van der Waals surface area contributed by atoms with Crippen LogP contribution in [0.5, 0.6) is 0 Å². The van der Waals surface area contributed by atoms with Gasteiger partial charge in [0, 0.05) is 54.5 Å². The van der Waals surface area contributed by atoms with Gasteiger partial charge in [-0.2, -0.15) is 0 Å². The SMILES string of the molecule is Cc1ccc(N(c2cc3c(c4ccccc24)-c2cc4ccccc4cc2C3(C)C)c2cccc3c2oc2ccc(-c4ccc5cc6c(cc5c4)C(C)(C)c4cc(N(c5cccc(C)c5)c5cccc7c5oc5ccccc57)c5ccccc5c4-6)cc23)cc1. The van der Waals surface area contributed by atoms with Gasteiger partial charge < -0.3 is 18.6 Å². The van der Waals surface area contributed by atoms with Crippen molar-refractivity contribution in [2.45, 2.75) is 52.4 Å². The molecular formula is C84H60N2O2. The summed E-state index contributed by atoms with van der Waals surface area (Å²) in [5, 5.41) is 14.2. The molecule has 2 aliphatic rings. The van der Waals surface area contributed by atoms with Gasteiger partial charge in [0.15, 0.2) is 11.2 Å². The number of rotatable bonds is 7. The highest BCUT2D eigenvalue weighted by Crippen LogP contribution is 2.58. The van der Waals surface area contributed by atoms with E-state index in [2.05, 4.69) is 306 Å². The first-order chi connectivity index (χ1) is 42.9. The molecule has 4 nitrogen and oxygen atoms in total. The fourth-order valence-corrected chi connectivity index (χ4v) is 15.4. The summed E-state index contributed by atoms with van der Waals surface area (Å²) in [4.78, 5) is 4.87. The summed E-state index contributed by atoms with van der Waals surface area (Å²) >= 11 is 0. The van der Waals surface area contributed by atoms with E-state index < -0.39 is 0 Å². The number of benzene rings is 14. The van der Waals surface area contributed by atoms with Crippen LogP contribution in [-0.4, -0.2) is 0 Å². The summed E-state index contributed by atoms with van der Waals surface area (Å²) in [6, 6.07) is 94.6. The Morgan fingerprint density at radius 3 is 1.39 bits per heavy atom. The molecule has 0 bridgehead atoms. The number of nitrogens with zero attached hydrogens (tertiary/aromatic N) is 2. The monoisotopic (exact) mass is 1130 g/mol. The zero-order chi connectivity index (χ0) is 58.9. The lowest BCUT2D eigenvalue weighted by Crippen LogP contribution is -2.17. The minimum Gasteiger partial charge on any atom is -0.454 e. The second-order valence-corrected chi connectivity index (χ2v) is 25.7. The predicted molar refractivity (Wildman–Crippen MR) is 370 cm³/mol. The Balaban J connectivity index is 0.757. The molecule has 0 unspecified atom stereocenters. The summed E-state index contributed by atoms with van der Waals surface area (Å²) in [6.07, 6.45) is 0. The third kappa shape index (κ3) is 7.26. The Labute approximate surface area is 510 Å². The van der Waals surface area contributed by atoms with Crippen LogP contribution in [0.2, 0.25) is 0 Å². The number of furan rings is 2. The summed E-state index contributed by atoms with van der Waals surface area (Å²) < 4.78 is 13.9. The molecule has 0 radical (unpaired) electrons. The number of hydrogen-bond acceptors (Lipinski definition) is 4. The zero-order valence-corrected chi connectivity index (χ0v) is 50.0. The molecule has 4 heteroatoms. The van der Waals surface area contributed by atoms with Crippen molar-refractivity contribution >= 4 is 121 Å². The molecule has 0 fully saturated rings. The highest BCUT2D eigenvalue weighted by molar-refractivity contribution is 6.17. The molecule has 14 aromatic carbocycles. The molecule has 16 aromatic rings. The van der Waals surface area contributed by atoms with Crippen LogP contribution in [0.4, 0.5) is 34.1 Å². The van der Waals surface area contributed by atoms with E-state index in [0.29, 0.717) is 0 Å². The van der Waals surface area contributed by atoms with Gasteiger partial charge in [0.25, 0.3) is 0 Å². The Kier molecular flexibility index (Phi) is 10.6. The van der Waals surface area contributed by atoms with Crippen LogP contribution in [0.1, 0.15) is 61.1 Å². The fraction of sp³-hybridized carbons (Fsp3) is 0.0952. The van der Waals surface area contributed by atoms with Crippen molar-refractivity contribution in [1.82, 2.24) is 0 Å². The van der Waals surface area contributed by atoms with Crippen LogP contribution in [-0.2, 0) is 10.8 Å². The van der Waals surface area contributed by atoms with Crippen LogP contribution in [0.3, 0.4) is 0 Å². The van der Waals surface area contributed by atoms with E-state index in [4.69, 9.17) is 8.83 Å². The van der Waals surface area contributed by atoms with E-state index in [-0.39, 0.29) is 10.8 Å². The second-order valence-electron chi connectivity index (χ2n) is 25.7. The quantitative estimate of drug-likeness (QED) is 0.159. The lowest BCUT2D eigenvalue weighted by molar-refractivity contribution is 0.661. The Morgan fingerprint density at radius 2 is 0.761 bits per heavy atom. The van der Waals surface area contributed by atoms with Crippen molar-refractivity contribution in [2.24, 2.45) is 0 Å². The Hall–Kier alpha value is -10.7. The van der Waals surface area contributed by atoms with Crippen LogP contribution in [0.15, 0.2) is 264 Å². The number of aryl methyl sites for hydroxylation is 2. The van der Waals surface area contributed by atoms with Gasteiger partial charge in [0.05, 0.1) is 22.7 Å². The maximum absolute atomic E-state index is 7.13. The predicted octanol–water partition coefficient (Wildman–Crippen LogP) is 23.9. The highest BCUT2D eigenvalue weighted by atomic mass is 16.3.